The fourth-order valence-electron chi connectivity index (χ4n) is 2.97. The lowest BCUT2D eigenvalue weighted by Gasteiger charge is -2.34. The van der Waals surface area contributed by atoms with Crippen LogP contribution in [0.3, 0.4) is 0 Å². The highest BCUT2D eigenvalue weighted by molar-refractivity contribution is 5.94. The van der Waals surface area contributed by atoms with Crippen LogP contribution in [0.15, 0.2) is 42.6 Å². The first-order valence-corrected chi connectivity index (χ1v) is 8.93. The number of nitrogens with one attached hydrogen (secondary N) is 1. The van der Waals surface area contributed by atoms with E-state index in [4.69, 9.17) is 0 Å². The Morgan fingerprint density at radius 1 is 1.00 bits per heavy atom. The van der Waals surface area contributed by atoms with Gasteiger partial charge < -0.3 is 15.1 Å². The van der Waals surface area contributed by atoms with E-state index < -0.39 is 0 Å². The molecular formula is C20H24N4O2. The molecular weight excluding hydrogens is 328 g/mol. The molecule has 1 saturated heterocycles. The Kier molecular flexibility index (Phi) is 5.51. The van der Waals surface area contributed by atoms with Crippen LogP contribution >= 0.6 is 0 Å². The van der Waals surface area contributed by atoms with Crippen molar-refractivity contribution in [3.05, 3.63) is 53.7 Å². The monoisotopic (exact) mass is 352 g/mol. The highest BCUT2D eigenvalue weighted by Crippen LogP contribution is 2.17. The molecule has 0 saturated carbocycles. The second-order valence-electron chi connectivity index (χ2n) is 6.41. The van der Waals surface area contributed by atoms with Gasteiger partial charge in [0.2, 0.25) is 5.91 Å². The van der Waals surface area contributed by atoms with Crippen molar-refractivity contribution < 1.29 is 9.59 Å². The van der Waals surface area contributed by atoms with E-state index in [-0.39, 0.29) is 11.8 Å². The number of amides is 2. The van der Waals surface area contributed by atoms with Gasteiger partial charge in [0.25, 0.3) is 5.91 Å². The smallest absolute Gasteiger partial charge is 0.255 e. The van der Waals surface area contributed by atoms with E-state index in [0.717, 1.165) is 12.1 Å². The zero-order chi connectivity index (χ0) is 18.5. The van der Waals surface area contributed by atoms with Crippen LogP contribution in [-0.2, 0) is 11.2 Å². The summed E-state index contributed by atoms with van der Waals surface area (Å²) >= 11 is 0. The standard InChI is InChI=1S/C20H24N4O2/c1-3-16-4-7-18(8-5-16)22-19-9-6-17(14-21-19)20(26)24-12-10-23(11-13-24)15(2)25/h4-9,14H,3,10-13H2,1-2H3,(H,21,22). The minimum absolute atomic E-state index is 0.0421. The fourth-order valence-corrected chi connectivity index (χ4v) is 2.97. The molecule has 2 heterocycles. The van der Waals surface area contributed by atoms with Crippen molar-refractivity contribution in [2.45, 2.75) is 20.3 Å². The zero-order valence-corrected chi connectivity index (χ0v) is 15.2. The number of aryl methyl sites for hydroxylation is 1. The lowest BCUT2D eigenvalue weighted by molar-refractivity contribution is -0.130. The van der Waals surface area contributed by atoms with E-state index >= 15 is 0 Å². The Bertz CT molecular complexity index is 763. The van der Waals surface area contributed by atoms with E-state index in [9.17, 15) is 9.59 Å². The van der Waals surface area contributed by atoms with Gasteiger partial charge in [0.05, 0.1) is 5.56 Å². The lowest BCUT2D eigenvalue weighted by atomic mass is 10.1. The largest absolute Gasteiger partial charge is 0.340 e. The van der Waals surface area contributed by atoms with Gasteiger partial charge in [0.15, 0.2) is 0 Å². The quantitative estimate of drug-likeness (QED) is 0.919. The van der Waals surface area contributed by atoms with E-state index in [1.165, 1.54) is 5.56 Å². The number of hydrogen-bond acceptors (Lipinski definition) is 4. The highest BCUT2D eigenvalue weighted by atomic mass is 16.2. The van der Waals surface area contributed by atoms with Gasteiger partial charge in [0, 0.05) is 45.0 Å². The second kappa shape index (κ2) is 7.99. The van der Waals surface area contributed by atoms with Gasteiger partial charge >= 0.3 is 0 Å². The Morgan fingerprint density at radius 3 is 2.19 bits per heavy atom. The first-order valence-electron chi connectivity index (χ1n) is 8.93. The molecule has 0 unspecified atom stereocenters. The van der Waals surface area contributed by atoms with Crippen LogP contribution in [0.4, 0.5) is 11.5 Å². The molecule has 0 radical (unpaired) electrons. The molecule has 2 aromatic rings. The topological polar surface area (TPSA) is 65.5 Å². The second-order valence-corrected chi connectivity index (χ2v) is 6.41. The van der Waals surface area contributed by atoms with Gasteiger partial charge in [-0.05, 0) is 36.2 Å². The van der Waals surface area contributed by atoms with Crippen LogP contribution in [0.5, 0.6) is 0 Å². The summed E-state index contributed by atoms with van der Waals surface area (Å²) in [4.78, 5) is 31.8. The van der Waals surface area contributed by atoms with E-state index in [0.29, 0.717) is 37.6 Å². The molecule has 0 bridgehead atoms. The summed E-state index contributed by atoms with van der Waals surface area (Å²) in [6.45, 7) is 5.97. The number of rotatable bonds is 4. The third-order valence-corrected chi connectivity index (χ3v) is 4.66. The number of carbonyl (C=O) groups excluding carboxylic acids is 2. The third-order valence-electron chi connectivity index (χ3n) is 4.66. The Hall–Kier alpha value is -2.89. The molecule has 0 aliphatic carbocycles. The summed E-state index contributed by atoms with van der Waals surface area (Å²) in [7, 11) is 0. The van der Waals surface area contributed by atoms with Gasteiger partial charge in [-0.2, -0.15) is 0 Å². The molecule has 1 N–H and O–H groups in total. The minimum atomic E-state index is -0.0421. The summed E-state index contributed by atoms with van der Waals surface area (Å²) in [5.74, 6) is 0.716. The van der Waals surface area contributed by atoms with E-state index in [1.54, 1.807) is 29.0 Å². The maximum Gasteiger partial charge on any atom is 0.255 e. The van der Waals surface area contributed by atoms with Crippen molar-refractivity contribution in [2.24, 2.45) is 0 Å². The molecule has 1 fully saturated rings. The van der Waals surface area contributed by atoms with Gasteiger partial charge in [-0.1, -0.05) is 19.1 Å². The molecule has 136 valence electrons. The fraction of sp³-hybridized carbons (Fsp3) is 0.350. The molecule has 1 aliphatic rings. The van der Waals surface area contributed by atoms with Crippen LogP contribution in [0.25, 0.3) is 0 Å². The normalized spacial score (nSPS) is 14.2. The van der Waals surface area contributed by atoms with Crippen molar-refractivity contribution in [1.29, 1.82) is 0 Å². The molecule has 6 heteroatoms. The predicted octanol–water partition coefficient (Wildman–Crippen LogP) is 2.69. The van der Waals surface area contributed by atoms with Crippen LogP contribution < -0.4 is 5.32 Å². The summed E-state index contributed by atoms with van der Waals surface area (Å²) in [5, 5.41) is 3.24. The molecule has 0 spiro atoms. The number of carbonyl (C=O) groups is 2. The van der Waals surface area contributed by atoms with Crippen molar-refractivity contribution >= 4 is 23.3 Å². The average Bonchev–Trinajstić information content (AvgIpc) is 2.69. The minimum Gasteiger partial charge on any atom is -0.340 e. The number of piperazine rings is 1. The van der Waals surface area contributed by atoms with Crippen molar-refractivity contribution in [3.8, 4) is 0 Å². The number of benzene rings is 1. The molecule has 3 rings (SSSR count). The number of nitrogens with zero attached hydrogens (tertiary/aromatic N) is 3. The van der Waals surface area contributed by atoms with Crippen LogP contribution in [0.2, 0.25) is 0 Å². The Labute approximate surface area is 153 Å². The van der Waals surface area contributed by atoms with Crippen LogP contribution in [-0.4, -0.2) is 52.8 Å². The van der Waals surface area contributed by atoms with Crippen LogP contribution in [0.1, 0.15) is 29.8 Å². The Balaban J connectivity index is 1.60. The zero-order valence-electron chi connectivity index (χ0n) is 15.2. The number of hydrogen-bond donors (Lipinski definition) is 1. The summed E-state index contributed by atoms with van der Waals surface area (Å²) in [5.41, 5.74) is 2.82. The number of pyridine rings is 1. The van der Waals surface area contributed by atoms with E-state index in [1.807, 2.05) is 18.2 Å². The van der Waals surface area contributed by atoms with E-state index in [2.05, 4.69) is 29.4 Å². The molecule has 2 amide bonds. The molecule has 1 aromatic carbocycles. The number of aromatic nitrogens is 1. The van der Waals surface area contributed by atoms with Crippen molar-refractivity contribution in [2.75, 3.05) is 31.5 Å². The average molecular weight is 352 g/mol. The highest BCUT2D eigenvalue weighted by Gasteiger charge is 2.23. The van der Waals surface area contributed by atoms with Gasteiger partial charge in [-0.3, -0.25) is 9.59 Å². The predicted molar refractivity (Wildman–Crippen MR) is 101 cm³/mol. The van der Waals surface area contributed by atoms with Gasteiger partial charge in [0.1, 0.15) is 5.82 Å². The van der Waals surface area contributed by atoms with Gasteiger partial charge in [-0.15, -0.1) is 0 Å². The molecule has 1 aliphatic heterocycles. The SMILES string of the molecule is CCc1ccc(Nc2ccc(C(=O)N3CCN(C(C)=O)CC3)cn2)cc1. The molecule has 6 nitrogen and oxygen atoms in total. The molecule has 26 heavy (non-hydrogen) atoms. The van der Waals surface area contributed by atoms with Crippen molar-refractivity contribution in [1.82, 2.24) is 14.8 Å². The maximum absolute atomic E-state index is 12.6. The molecule has 0 atom stereocenters. The van der Waals surface area contributed by atoms with Crippen molar-refractivity contribution in [3.63, 3.8) is 0 Å². The molecule has 1 aromatic heterocycles. The maximum atomic E-state index is 12.6. The first kappa shape index (κ1) is 17.9. The third kappa shape index (κ3) is 4.20. The summed E-state index contributed by atoms with van der Waals surface area (Å²) in [6.07, 6.45) is 2.61. The van der Waals surface area contributed by atoms with Crippen LogP contribution in [0, 0.1) is 0 Å². The summed E-state index contributed by atoms with van der Waals surface area (Å²) in [6, 6.07) is 11.8. The summed E-state index contributed by atoms with van der Waals surface area (Å²) < 4.78 is 0. The number of anilines is 2. The lowest BCUT2D eigenvalue weighted by Crippen LogP contribution is -2.50. The first-order chi connectivity index (χ1) is 12.6. The Morgan fingerprint density at radius 2 is 1.65 bits per heavy atom. The van der Waals surface area contributed by atoms with Gasteiger partial charge in [-0.25, -0.2) is 4.98 Å².